The molecule has 0 saturated heterocycles. The topological polar surface area (TPSA) is 67.4 Å². The van der Waals surface area contributed by atoms with E-state index in [0.717, 1.165) is 10.6 Å². The number of halogens is 24. The van der Waals surface area contributed by atoms with Gasteiger partial charge in [-0.25, -0.2) is 17.6 Å². The van der Waals surface area contributed by atoms with Crippen molar-refractivity contribution < 1.29 is 120 Å². The Morgan fingerprint density at radius 3 is 0.855 bits per heavy atom. The lowest BCUT2D eigenvalue weighted by molar-refractivity contribution is -0.406. The van der Waals surface area contributed by atoms with Crippen molar-refractivity contribution in [2.24, 2.45) is 0 Å². The molecule has 2 aromatic carbocycles. The first-order chi connectivity index (χ1) is 24.3. The molecule has 0 heterocycles. The van der Waals surface area contributed by atoms with Crippen molar-refractivity contribution in [3.63, 3.8) is 0 Å². The number of amides is 2. The fourth-order valence-corrected chi connectivity index (χ4v) is 3.53. The second-order valence-electron chi connectivity index (χ2n) is 10.5. The van der Waals surface area contributed by atoms with Gasteiger partial charge in [-0.1, -0.05) is 0 Å². The van der Waals surface area contributed by atoms with E-state index in [0.29, 0.717) is 48.5 Å². The number of hydrogen-bond donors (Lipinski definition) is 2. The van der Waals surface area contributed by atoms with Gasteiger partial charge < -0.3 is 15.4 Å². The van der Waals surface area contributed by atoms with Gasteiger partial charge in [0.2, 0.25) is 0 Å². The largest absolute Gasteiger partial charge is 0.457 e. The summed E-state index contributed by atoms with van der Waals surface area (Å²) in [4.78, 5) is 23.3. The first kappa shape index (κ1) is 46.7. The van der Waals surface area contributed by atoms with Crippen LogP contribution in [-0.2, 0) is 9.59 Å². The predicted octanol–water partition coefficient (Wildman–Crippen LogP) is 10.2. The lowest BCUT2D eigenvalue weighted by Gasteiger charge is -2.38. The van der Waals surface area contributed by atoms with Gasteiger partial charge in [0.1, 0.15) is 11.5 Å². The average Bonchev–Trinajstić information content (AvgIpc) is 3.05. The Hall–Kier alpha value is -4.50. The van der Waals surface area contributed by atoms with Crippen molar-refractivity contribution in [2.45, 2.75) is 72.1 Å². The molecule has 55 heavy (non-hydrogen) atoms. The lowest BCUT2D eigenvalue weighted by Crippen LogP contribution is -2.70. The molecule has 2 amide bonds. The molecule has 0 spiro atoms. The number of ether oxygens (including phenoxy) is 1. The number of carbonyl (C=O) groups is 2. The zero-order valence-electron chi connectivity index (χ0n) is 25.1. The zero-order chi connectivity index (χ0) is 43.4. The highest BCUT2D eigenvalue weighted by molar-refractivity contribution is 5.97. The van der Waals surface area contributed by atoms with E-state index < -0.39 is 107 Å². The SMILES string of the molecule is O=C(Nc1ccc(Oc2ccc(NC(=O)C(F)(F)C(F)(F)C(F)(F)C(F)(F)C(F)(F)C(F)F)cc2)cc1)C(F)(F)C(F)(F)C(F)(F)C(F)(F)C(F)(F)C(F)F. The lowest BCUT2D eigenvalue weighted by atomic mass is 9.94. The number of anilines is 2. The molecule has 29 heteroatoms. The van der Waals surface area contributed by atoms with Crippen molar-refractivity contribution in [1.82, 2.24) is 0 Å². The van der Waals surface area contributed by atoms with Crippen molar-refractivity contribution >= 4 is 23.2 Å². The third-order valence-corrected chi connectivity index (χ3v) is 6.78. The molecule has 2 N–H and O–H groups in total. The summed E-state index contributed by atoms with van der Waals surface area (Å²) in [5, 5.41) is 1.58. The van der Waals surface area contributed by atoms with E-state index in [1.54, 1.807) is 0 Å². The molecule has 0 aliphatic carbocycles. The van der Waals surface area contributed by atoms with Crippen LogP contribution in [0.1, 0.15) is 0 Å². The van der Waals surface area contributed by atoms with E-state index in [4.69, 9.17) is 4.74 Å². The summed E-state index contributed by atoms with van der Waals surface area (Å²) >= 11 is 0. The fraction of sp³-hybridized carbons (Fsp3) is 0.462. The van der Waals surface area contributed by atoms with Gasteiger partial charge in [-0.2, -0.15) is 87.8 Å². The van der Waals surface area contributed by atoms with Crippen molar-refractivity contribution in [2.75, 3.05) is 10.6 Å². The Kier molecular flexibility index (Phi) is 12.1. The molecule has 0 bridgehead atoms. The van der Waals surface area contributed by atoms with Crippen LogP contribution in [0.15, 0.2) is 48.5 Å². The van der Waals surface area contributed by atoms with E-state index in [-0.39, 0.29) is 0 Å². The monoisotopic (exact) mass is 856 g/mol. The highest BCUT2D eigenvalue weighted by Gasteiger charge is 2.90. The normalized spacial score (nSPS) is 14.7. The zero-order valence-corrected chi connectivity index (χ0v) is 25.1. The van der Waals surface area contributed by atoms with Gasteiger partial charge in [0.05, 0.1) is 0 Å². The van der Waals surface area contributed by atoms with Crippen molar-refractivity contribution in [3.05, 3.63) is 48.5 Å². The van der Waals surface area contributed by atoms with Crippen LogP contribution in [0.5, 0.6) is 11.5 Å². The number of benzene rings is 2. The second kappa shape index (κ2) is 14.2. The van der Waals surface area contributed by atoms with Gasteiger partial charge in [-0.05, 0) is 48.5 Å². The first-order valence-corrected chi connectivity index (χ1v) is 13.2. The summed E-state index contributed by atoms with van der Waals surface area (Å²) in [6, 6.07) is 3.87. The van der Waals surface area contributed by atoms with Crippen LogP contribution in [0.2, 0.25) is 0 Å². The fourth-order valence-electron chi connectivity index (χ4n) is 3.53. The van der Waals surface area contributed by atoms with Gasteiger partial charge in [0.15, 0.2) is 0 Å². The van der Waals surface area contributed by atoms with E-state index in [1.807, 2.05) is 0 Å². The first-order valence-electron chi connectivity index (χ1n) is 13.2. The Labute approximate surface area is 286 Å². The molecule has 2 rings (SSSR count). The Morgan fingerprint density at radius 1 is 0.400 bits per heavy atom. The molecule has 5 nitrogen and oxygen atoms in total. The van der Waals surface area contributed by atoms with Crippen LogP contribution >= 0.6 is 0 Å². The van der Waals surface area contributed by atoms with Gasteiger partial charge in [-0.15, -0.1) is 0 Å². The Morgan fingerprint density at radius 2 is 0.636 bits per heavy atom. The Bertz CT molecular complexity index is 1570. The molecule has 0 aliphatic rings. The molecule has 2 aromatic rings. The van der Waals surface area contributed by atoms with Crippen molar-refractivity contribution in [3.8, 4) is 11.5 Å². The maximum absolute atomic E-state index is 14.0. The minimum absolute atomic E-state index is 0.395. The maximum Gasteiger partial charge on any atom is 0.393 e. The van der Waals surface area contributed by atoms with Gasteiger partial charge in [0, 0.05) is 11.4 Å². The standard InChI is InChI=1S/C26H12F24N2O3/c27-13(28)17(31,32)21(39,40)25(47,48)23(43,44)19(35,36)15(53)51-9-1-5-11(6-2-9)55-12-7-3-10(4-8-12)52-16(54)20(37,38)24(45,46)26(49,50)22(41,42)18(33,34)14(29)30/h1-8,13-14H,(H,51,53)(H,52,54). The number of rotatable bonds is 16. The van der Waals surface area contributed by atoms with Gasteiger partial charge in [0.25, 0.3) is 0 Å². The van der Waals surface area contributed by atoms with E-state index in [1.165, 1.54) is 0 Å². The summed E-state index contributed by atoms with van der Waals surface area (Å²) < 4.78 is 325. The number of hydrogen-bond acceptors (Lipinski definition) is 3. The van der Waals surface area contributed by atoms with Crippen LogP contribution in [0, 0.1) is 0 Å². The van der Waals surface area contributed by atoms with Crippen LogP contribution in [0.4, 0.5) is 117 Å². The Balaban J connectivity index is 2.20. The van der Waals surface area contributed by atoms with Crippen molar-refractivity contribution in [1.29, 1.82) is 0 Å². The molecule has 0 radical (unpaired) electrons. The third kappa shape index (κ3) is 7.32. The molecule has 0 aliphatic heterocycles. The summed E-state index contributed by atoms with van der Waals surface area (Å²) in [6.07, 6.45) is -11.6. The summed E-state index contributed by atoms with van der Waals surface area (Å²) in [5.74, 6) is -84.2. The average molecular weight is 856 g/mol. The summed E-state index contributed by atoms with van der Waals surface area (Å²) in [6.45, 7) is 0. The second-order valence-corrected chi connectivity index (χ2v) is 10.5. The molecule has 0 atom stereocenters. The van der Waals surface area contributed by atoms with E-state index >= 15 is 0 Å². The molecular weight excluding hydrogens is 844 g/mol. The highest BCUT2D eigenvalue weighted by atomic mass is 19.4. The van der Waals surface area contributed by atoms with E-state index in [2.05, 4.69) is 0 Å². The minimum Gasteiger partial charge on any atom is -0.457 e. The predicted molar refractivity (Wildman–Crippen MR) is 132 cm³/mol. The molecule has 0 saturated carbocycles. The van der Waals surface area contributed by atoms with Gasteiger partial charge in [-0.3, -0.25) is 9.59 Å². The molecule has 0 aromatic heterocycles. The number of carbonyl (C=O) groups excluding carboxylic acids is 2. The molecule has 0 fully saturated rings. The molecular formula is C26H12F24N2O3. The van der Waals surface area contributed by atoms with Gasteiger partial charge >= 0.3 is 83.9 Å². The number of alkyl halides is 24. The highest BCUT2D eigenvalue weighted by Crippen LogP contribution is 2.60. The molecule has 0 unspecified atom stereocenters. The quantitative estimate of drug-likeness (QED) is 0.165. The van der Waals surface area contributed by atoms with E-state index in [9.17, 15) is 115 Å². The van der Waals surface area contributed by atoms with Crippen LogP contribution < -0.4 is 15.4 Å². The smallest absolute Gasteiger partial charge is 0.393 e. The third-order valence-electron chi connectivity index (χ3n) is 6.78. The van der Waals surface area contributed by atoms with Crippen LogP contribution in [0.25, 0.3) is 0 Å². The summed E-state index contributed by atoms with van der Waals surface area (Å²) in [5.41, 5.74) is -2.20. The minimum atomic E-state index is -8.01. The summed E-state index contributed by atoms with van der Waals surface area (Å²) in [7, 11) is 0. The number of nitrogens with one attached hydrogen (secondary N) is 2. The van der Waals surface area contributed by atoms with Crippen LogP contribution in [-0.4, -0.2) is 83.9 Å². The van der Waals surface area contributed by atoms with Crippen LogP contribution in [0.3, 0.4) is 0 Å². The molecule has 312 valence electrons. The maximum atomic E-state index is 14.0.